The minimum absolute atomic E-state index is 0.255. The number of anilines is 2. The molecule has 3 amide bonds. The molecule has 26 heavy (non-hydrogen) atoms. The van der Waals surface area contributed by atoms with E-state index >= 15 is 0 Å². The minimum Gasteiger partial charge on any atom is -0.311 e. The van der Waals surface area contributed by atoms with Crippen molar-refractivity contribution in [1.29, 1.82) is 0 Å². The largest absolute Gasteiger partial charge is 0.322 e. The number of aryl methyl sites for hydroxylation is 2. The Morgan fingerprint density at radius 3 is 2.42 bits per heavy atom. The third-order valence-electron chi connectivity index (χ3n) is 4.61. The summed E-state index contributed by atoms with van der Waals surface area (Å²) in [6.45, 7) is 6.07. The molecule has 1 aliphatic rings. The van der Waals surface area contributed by atoms with Crippen molar-refractivity contribution in [3.8, 4) is 0 Å². The third kappa shape index (κ3) is 3.54. The molecule has 6 heteroatoms. The van der Waals surface area contributed by atoms with Crippen LogP contribution in [0.2, 0.25) is 0 Å². The van der Waals surface area contributed by atoms with Crippen LogP contribution in [0.5, 0.6) is 0 Å². The van der Waals surface area contributed by atoms with Crippen molar-refractivity contribution in [2.75, 3.05) is 23.3 Å². The Balaban J connectivity index is 1.74. The first kappa shape index (κ1) is 17.9. The Hall–Kier alpha value is -2.89. The summed E-state index contributed by atoms with van der Waals surface area (Å²) in [6.07, 6.45) is 0. The number of carbonyl (C=O) groups is 2. The predicted molar refractivity (Wildman–Crippen MR) is 99.9 cm³/mol. The fraction of sp³-hybridized carbons (Fsp3) is 0.300. The van der Waals surface area contributed by atoms with Crippen molar-refractivity contribution in [2.24, 2.45) is 0 Å². The SMILES string of the molecule is Cc1ccc(NC(=O)N2CCN(c3cc(C)ccc3F)C(=O)C2C)cc1. The summed E-state index contributed by atoms with van der Waals surface area (Å²) < 4.78 is 14.1. The summed E-state index contributed by atoms with van der Waals surface area (Å²) in [7, 11) is 0. The van der Waals surface area contributed by atoms with Crippen LogP contribution in [0.1, 0.15) is 18.1 Å². The molecule has 136 valence electrons. The first-order valence-corrected chi connectivity index (χ1v) is 8.58. The van der Waals surface area contributed by atoms with Gasteiger partial charge in [0.05, 0.1) is 5.69 Å². The van der Waals surface area contributed by atoms with E-state index < -0.39 is 11.9 Å². The fourth-order valence-corrected chi connectivity index (χ4v) is 3.05. The van der Waals surface area contributed by atoms with Gasteiger partial charge in [0.2, 0.25) is 5.91 Å². The lowest BCUT2D eigenvalue weighted by atomic mass is 10.1. The topological polar surface area (TPSA) is 52.7 Å². The number of carbonyl (C=O) groups excluding carboxylic acids is 2. The second kappa shape index (κ2) is 7.15. The van der Waals surface area contributed by atoms with Gasteiger partial charge in [-0.1, -0.05) is 23.8 Å². The average molecular weight is 355 g/mol. The number of piperazine rings is 1. The molecular formula is C20H22FN3O2. The zero-order valence-electron chi connectivity index (χ0n) is 15.1. The maximum absolute atomic E-state index is 14.1. The Morgan fingerprint density at radius 1 is 1.08 bits per heavy atom. The molecule has 1 fully saturated rings. The molecule has 2 aromatic carbocycles. The van der Waals surface area contributed by atoms with Crippen molar-refractivity contribution >= 4 is 23.3 Å². The first-order valence-electron chi connectivity index (χ1n) is 8.58. The third-order valence-corrected chi connectivity index (χ3v) is 4.61. The summed E-state index contributed by atoms with van der Waals surface area (Å²) in [5.74, 6) is -0.728. The number of rotatable bonds is 2. The highest BCUT2D eigenvalue weighted by molar-refractivity contribution is 6.02. The van der Waals surface area contributed by atoms with Crippen molar-refractivity contribution in [1.82, 2.24) is 4.90 Å². The van der Waals surface area contributed by atoms with Gasteiger partial charge in [-0.15, -0.1) is 0 Å². The second-order valence-electron chi connectivity index (χ2n) is 6.61. The lowest BCUT2D eigenvalue weighted by Gasteiger charge is -2.39. The molecule has 1 aliphatic heterocycles. The van der Waals surface area contributed by atoms with Gasteiger partial charge in [-0.2, -0.15) is 0 Å². The van der Waals surface area contributed by atoms with Gasteiger partial charge in [-0.05, 0) is 50.6 Å². The van der Waals surface area contributed by atoms with Gasteiger partial charge in [0.15, 0.2) is 0 Å². The summed E-state index contributed by atoms with van der Waals surface area (Å²) >= 11 is 0. The smallest absolute Gasteiger partial charge is 0.311 e. The maximum atomic E-state index is 14.1. The molecular weight excluding hydrogens is 333 g/mol. The Labute approximate surface area is 152 Å². The van der Waals surface area contributed by atoms with Crippen molar-refractivity contribution < 1.29 is 14.0 Å². The summed E-state index contributed by atoms with van der Waals surface area (Å²) in [6, 6.07) is 11.1. The zero-order chi connectivity index (χ0) is 18.8. The summed E-state index contributed by atoms with van der Waals surface area (Å²) in [5, 5.41) is 2.81. The van der Waals surface area contributed by atoms with Crippen LogP contribution in [0.15, 0.2) is 42.5 Å². The summed E-state index contributed by atoms with van der Waals surface area (Å²) in [5.41, 5.74) is 2.91. The van der Waals surface area contributed by atoms with Gasteiger partial charge in [-0.25, -0.2) is 9.18 Å². The highest BCUT2D eigenvalue weighted by Crippen LogP contribution is 2.25. The molecule has 0 radical (unpaired) electrons. The van der Waals surface area contributed by atoms with E-state index in [0.717, 1.165) is 11.1 Å². The van der Waals surface area contributed by atoms with Gasteiger partial charge >= 0.3 is 6.03 Å². The molecule has 5 nitrogen and oxygen atoms in total. The Kier molecular flexibility index (Phi) is 4.93. The quantitative estimate of drug-likeness (QED) is 0.893. The van der Waals surface area contributed by atoms with Gasteiger partial charge in [0, 0.05) is 18.8 Å². The molecule has 0 bridgehead atoms. The number of halogens is 1. The highest BCUT2D eigenvalue weighted by atomic mass is 19.1. The summed E-state index contributed by atoms with van der Waals surface area (Å²) in [4.78, 5) is 28.2. The van der Waals surface area contributed by atoms with Crippen LogP contribution in [0.25, 0.3) is 0 Å². The average Bonchev–Trinajstić information content (AvgIpc) is 2.61. The number of benzene rings is 2. The number of hydrogen-bond donors (Lipinski definition) is 1. The normalized spacial score (nSPS) is 17.4. The molecule has 1 atom stereocenters. The lowest BCUT2D eigenvalue weighted by molar-refractivity contribution is -0.123. The second-order valence-corrected chi connectivity index (χ2v) is 6.61. The van der Waals surface area contributed by atoms with E-state index in [9.17, 15) is 14.0 Å². The number of amides is 3. The van der Waals surface area contributed by atoms with Gasteiger partial charge in [0.1, 0.15) is 11.9 Å². The standard InChI is InChI=1S/C20H22FN3O2/c1-13-4-7-16(8-5-13)22-20(26)23-10-11-24(19(25)15(23)3)18-12-14(2)6-9-17(18)21/h4-9,12,15H,10-11H2,1-3H3,(H,22,26). The monoisotopic (exact) mass is 355 g/mol. The number of nitrogens with one attached hydrogen (secondary N) is 1. The molecule has 0 spiro atoms. The molecule has 1 saturated heterocycles. The van der Waals surface area contributed by atoms with Crippen LogP contribution in [0.4, 0.5) is 20.6 Å². The van der Waals surface area contributed by atoms with Crippen LogP contribution in [0, 0.1) is 19.7 Å². The Morgan fingerprint density at radius 2 is 1.73 bits per heavy atom. The van der Waals surface area contributed by atoms with E-state index in [2.05, 4.69) is 5.32 Å². The van der Waals surface area contributed by atoms with Crippen molar-refractivity contribution in [2.45, 2.75) is 26.8 Å². The number of urea groups is 1. The van der Waals surface area contributed by atoms with E-state index in [4.69, 9.17) is 0 Å². The van der Waals surface area contributed by atoms with Crippen LogP contribution in [-0.2, 0) is 4.79 Å². The number of nitrogens with zero attached hydrogens (tertiary/aromatic N) is 2. The van der Waals surface area contributed by atoms with Crippen molar-refractivity contribution in [3.63, 3.8) is 0 Å². The predicted octanol–water partition coefficient (Wildman–Crippen LogP) is 3.71. The first-order chi connectivity index (χ1) is 12.4. The maximum Gasteiger partial charge on any atom is 0.322 e. The molecule has 3 rings (SSSR count). The lowest BCUT2D eigenvalue weighted by Crippen LogP contribution is -2.58. The van der Waals surface area contributed by atoms with Crippen LogP contribution >= 0.6 is 0 Å². The molecule has 1 heterocycles. The van der Waals surface area contributed by atoms with Crippen LogP contribution in [0.3, 0.4) is 0 Å². The van der Waals surface area contributed by atoms with Gasteiger partial charge < -0.3 is 15.1 Å². The molecule has 2 aromatic rings. The fourth-order valence-electron chi connectivity index (χ4n) is 3.05. The number of hydrogen-bond acceptors (Lipinski definition) is 2. The zero-order valence-corrected chi connectivity index (χ0v) is 15.1. The van der Waals surface area contributed by atoms with E-state index in [0.29, 0.717) is 12.2 Å². The van der Waals surface area contributed by atoms with Crippen LogP contribution in [-0.4, -0.2) is 36.0 Å². The Bertz CT molecular complexity index is 835. The van der Waals surface area contributed by atoms with E-state index in [-0.39, 0.29) is 24.2 Å². The van der Waals surface area contributed by atoms with Gasteiger partial charge in [0.25, 0.3) is 0 Å². The molecule has 1 N–H and O–H groups in total. The van der Waals surface area contributed by atoms with Crippen LogP contribution < -0.4 is 10.2 Å². The molecule has 0 aliphatic carbocycles. The van der Waals surface area contributed by atoms with Gasteiger partial charge in [-0.3, -0.25) is 4.79 Å². The molecule has 1 unspecified atom stereocenters. The van der Waals surface area contributed by atoms with E-state index in [1.807, 2.05) is 38.1 Å². The van der Waals surface area contributed by atoms with Crippen molar-refractivity contribution in [3.05, 3.63) is 59.4 Å². The molecule has 0 aromatic heterocycles. The van der Waals surface area contributed by atoms with E-state index in [1.54, 1.807) is 19.1 Å². The van der Waals surface area contributed by atoms with E-state index in [1.165, 1.54) is 15.9 Å². The minimum atomic E-state index is -0.672. The molecule has 0 saturated carbocycles. The highest BCUT2D eigenvalue weighted by Gasteiger charge is 2.36.